The number of hydrogen-bond acceptors (Lipinski definition) is 9. The van der Waals surface area contributed by atoms with Crippen LogP contribution in [0.1, 0.15) is 35.6 Å². The molecule has 0 aliphatic heterocycles. The predicted molar refractivity (Wildman–Crippen MR) is 102 cm³/mol. The Hall–Kier alpha value is -3.67. The Morgan fingerprint density at radius 1 is 1.34 bits per heavy atom. The lowest BCUT2D eigenvalue weighted by atomic mass is 10.2. The summed E-state index contributed by atoms with van der Waals surface area (Å²) in [5.41, 5.74) is 8.80. The van der Waals surface area contributed by atoms with Crippen LogP contribution < -0.4 is 11.2 Å². The van der Waals surface area contributed by atoms with E-state index in [9.17, 15) is 9.18 Å². The van der Waals surface area contributed by atoms with Gasteiger partial charge in [-0.05, 0) is 29.5 Å². The Bertz CT molecular complexity index is 1010. The number of carbonyl (C=O) groups is 1. The maximum atomic E-state index is 13.7. The summed E-state index contributed by atoms with van der Waals surface area (Å²) in [5.74, 6) is -0.914. The van der Waals surface area contributed by atoms with E-state index in [4.69, 9.17) is 5.73 Å². The second kappa shape index (κ2) is 9.01. The molecule has 3 rings (SSSR count). The quantitative estimate of drug-likeness (QED) is 0.420. The Labute approximate surface area is 165 Å². The molecule has 0 unspecified atom stereocenters. The first kappa shape index (κ1) is 20.1. The average molecular weight is 401 g/mol. The molecule has 1 amide bonds. The van der Waals surface area contributed by atoms with Crippen LogP contribution >= 0.6 is 0 Å². The fourth-order valence-electron chi connectivity index (χ4n) is 2.58. The number of hydrogen-bond donors (Lipinski definition) is 2. The normalized spacial score (nSPS) is 11.4. The summed E-state index contributed by atoms with van der Waals surface area (Å²) in [5, 5.41) is 19.0. The molecule has 0 fully saturated rings. The zero-order valence-corrected chi connectivity index (χ0v) is 15.9. The van der Waals surface area contributed by atoms with Crippen molar-refractivity contribution >= 4 is 17.9 Å². The van der Waals surface area contributed by atoms with Gasteiger partial charge >= 0.3 is 0 Å². The lowest BCUT2D eigenvalue weighted by Gasteiger charge is -2.18. The Morgan fingerprint density at radius 3 is 2.76 bits per heavy atom. The molecular weight excluding hydrogens is 381 g/mol. The zero-order chi connectivity index (χ0) is 20.8. The third kappa shape index (κ3) is 4.43. The van der Waals surface area contributed by atoms with Gasteiger partial charge in [0.15, 0.2) is 5.69 Å². The number of hydrazone groups is 1. The van der Waals surface area contributed by atoms with Crippen molar-refractivity contribution in [3.8, 4) is 5.82 Å². The van der Waals surface area contributed by atoms with Crippen molar-refractivity contribution in [2.24, 2.45) is 5.10 Å². The van der Waals surface area contributed by atoms with E-state index in [1.165, 1.54) is 23.0 Å². The van der Waals surface area contributed by atoms with Gasteiger partial charge in [-0.3, -0.25) is 9.69 Å². The molecule has 29 heavy (non-hydrogen) atoms. The van der Waals surface area contributed by atoms with Crippen LogP contribution in [0.5, 0.6) is 0 Å². The molecule has 2 heterocycles. The van der Waals surface area contributed by atoms with Crippen LogP contribution in [0.3, 0.4) is 0 Å². The number of nitrogens with one attached hydrogen (secondary N) is 1. The Balaban J connectivity index is 1.87. The minimum absolute atomic E-state index is 0.0141. The van der Waals surface area contributed by atoms with Gasteiger partial charge in [0, 0.05) is 12.1 Å². The summed E-state index contributed by atoms with van der Waals surface area (Å²) in [6.07, 6.45) is 1.21. The number of rotatable bonds is 8. The Kier molecular flexibility index (Phi) is 6.24. The van der Waals surface area contributed by atoms with Crippen molar-refractivity contribution in [3.63, 3.8) is 0 Å². The highest BCUT2D eigenvalue weighted by atomic mass is 19.1. The van der Waals surface area contributed by atoms with E-state index in [-0.39, 0.29) is 22.9 Å². The van der Waals surface area contributed by atoms with E-state index >= 15 is 0 Å². The fourth-order valence-corrected chi connectivity index (χ4v) is 2.58. The molecule has 0 bridgehead atoms. The van der Waals surface area contributed by atoms with E-state index in [0.717, 1.165) is 13.1 Å². The van der Waals surface area contributed by atoms with Crippen molar-refractivity contribution < 1.29 is 13.8 Å². The van der Waals surface area contributed by atoms with Gasteiger partial charge in [-0.2, -0.15) is 9.78 Å². The smallest absolute Gasteiger partial charge is 0.293 e. The van der Waals surface area contributed by atoms with E-state index < -0.39 is 11.7 Å². The molecule has 11 nitrogen and oxygen atoms in total. The molecule has 3 N–H and O–H groups in total. The molecular formula is C17H20FN9O2. The van der Waals surface area contributed by atoms with Crippen LogP contribution in [-0.2, 0) is 6.54 Å². The van der Waals surface area contributed by atoms with Crippen LogP contribution in [-0.4, -0.2) is 55.4 Å². The second-order valence-electron chi connectivity index (χ2n) is 5.95. The highest BCUT2D eigenvalue weighted by Gasteiger charge is 2.24. The topological polar surface area (TPSA) is 140 Å². The van der Waals surface area contributed by atoms with Crippen LogP contribution in [0.15, 0.2) is 34.0 Å². The van der Waals surface area contributed by atoms with Crippen LogP contribution in [0.25, 0.3) is 5.82 Å². The van der Waals surface area contributed by atoms with Crippen LogP contribution in [0.4, 0.5) is 10.2 Å². The molecule has 2 aromatic heterocycles. The monoisotopic (exact) mass is 401 g/mol. The van der Waals surface area contributed by atoms with Gasteiger partial charge in [0.25, 0.3) is 5.91 Å². The third-order valence-electron chi connectivity index (χ3n) is 4.22. The first-order chi connectivity index (χ1) is 14.0. The summed E-state index contributed by atoms with van der Waals surface area (Å²) >= 11 is 0. The fraction of sp³-hybridized carbons (Fsp3) is 0.294. The van der Waals surface area contributed by atoms with E-state index in [0.29, 0.717) is 12.2 Å². The minimum atomic E-state index is -0.610. The summed E-state index contributed by atoms with van der Waals surface area (Å²) in [4.78, 5) is 14.7. The van der Waals surface area contributed by atoms with Gasteiger partial charge in [0.1, 0.15) is 5.82 Å². The first-order valence-electron chi connectivity index (χ1n) is 8.88. The van der Waals surface area contributed by atoms with Crippen LogP contribution in [0, 0.1) is 5.82 Å². The maximum absolute atomic E-state index is 13.7. The number of nitrogens with zero attached hydrogens (tertiary/aromatic N) is 7. The summed E-state index contributed by atoms with van der Waals surface area (Å²) < 4.78 is 19.6. The molecule has 0 aliphatic carbocycles. The SMILES string of the molecule is CCN(CC)Cc1c(C(=O)N/N=C/c2ccccc2F)nnn1-c1nonc1N. The molecule has 0 spiro atoms. The number of benzene rings is 1. The molecule has 0 aliphatic rings. The molecule has 0 saturated carbocycles. The summed E-state index contributed by atoms with van der Waals surface area (Å²) in [6.45, 7) is 5.80. The maximum Gasteiger partial charge on any atom is 0.293 e. The summed E-state index contributed by atoms with van der Waals surface area (Å²) in [7, 11) is 0. The molecule has 1 aromatic carbocycles. The van der Waals surface area contributed by atoms with E-state index in [1.807, 2.05) is 13.8 Å². The van der Waals surface area contributed by atoms with Gasteiger partial charge in [-0.1, -0.05) is 37.3 Å². The zero-order valence-electron chi connectivity index (χ0n) is 15.9. The molecule has 0 radical (unpaired) electrons. The minimum Gasteiger partial charge on any atom is -0.378 e. The number of amides is 1. The number of anilines is 1. The standard InChI is InChI=1S/C17H20FN9O2/c1-3-26(4-2)10-13-14(21-25-27(13)16-15(19)23-29-24-16)17(28)22-20-9-11-7-5-6-8-12(11)18/h5-9H,3-4,10H2,1-2H3,(H2,19,23)(H,22,28)/b20-9+. The van der Waals surface area contributed by atoms with Crippen LogP contribution in [0.2, 0.25) is 0 Å². The number of nitrogen functional groups attached to an aromatic ring is 1. The Morgan fingerprint density at radius 2 is 2.10 bits per heavy atom. The molecule has 152 valence electrons. The van der Waals surface area contributed by atoms with Gasteiger partial charge in [0.2, 0.25) is 11.6 Å². The molecule has 0 atom stereocenters. The third-order valence-corrected chi connectivity index (χ3v) is 4.22. The van der Waals surface area contributed by atoms with Crippen molar-refractivity contribution in [1.82, 2.24) is 35.6 Å². The summed E-state index contributed by atoms with van der Waals surface area (Å²) in [6, 6.07) is 6.06. The lowest BCUT2D eigenvalue weighted by Crippen LogP contribution is -2.27. The average Bonchev–Trinajstić information content (AvgIpc) is 3.33. The largest absolute Gasteiger partial charge is 0.378 e. The molecule has 3 aromatic rings. The van der Waals surface area contributed by atoms with E-state index in [1.54, 1.807) is 12.1 Å². The van der Waals surface area contributed by atoms with E-state index in [2.05, 4.69) is 40.7 Å². The lowest BCUT2D eigenvalue weighted by molar-refractivity contribution is 0.0948. The van der Waals surface area contributed by atoms with Crippen molar-refractivity contribution in [2.75, 3.05) is 18.8 Å². The van der Waals surface area contributed by atoms with Crippen molar-refractivity contribution in [2.45, 2.75) is 20.4 Å². The van der Waals surface area contributed by atoms with Gasteiger partial charge in [-0.25, -0.2) is 14.4 Å². The number of carbonyl (C=O) groups excluding carboxylic acids is 1. The highest BCUT2D eigenvalue weighted by Crippen LogP contribution is 2.17. The number of halogens is 1. The first-order valence-corrected chi connectivity index (χ1v) is 8.88. The molecule has 0 saturated heterocycles. The second-order valence-corrected chi connectivity index (χ2v) is 5.95. The predicted octanol–water partition coefficient (Wildman–Crippen LogP) is 0.977. The van der Waals surface area contributed by atoms with Crippen molar-refractivity contribution in [3.05, 3.63) is 47.0 Å². The number of aromatic nitrogens is 5. The van der Waals surface area contributed by atoms with Gasteiger partial charge in [-0.15, -0.1) is 5.10 Å². The van der Waals surface area contributed by atoms with Crippen molar-refractivity contribution in [1.29, 1.82) is 0 Å². The molecule has 12 heteroatoms. The van der Waals surface area contributed by atoms with Gasteiger partial charge in [0.05, 0.1) is 11.9 Å². The highest BCUT2D eigenvalue weighted by molar-refractivity contribution is 5.94. The number of nitrogens with two attached hydrogens (primary N) is 1. The van der Waals surface area contributed by atoms with Gasteiger partial charge < -0.3 is 5.73 Å².